The van der Waals surface area contributed by atoms with Crippen LogP contribution in [0.3, 0.4) is 0 Å². The minimum atomic E-state index is -1.34. The highest BCUT2D eigenvalue weighted by Gasteiger charge is 2.55. The summed E-state index contributed by atoms with van der Waals surface area (Å²) in [4.78, 5) is 48.4. The van der Waals surface area contributed by atoms with Crippen molar-refractivity contribution in [2.24, 2.45) is 5.16 Å². The lowest BCUT2D eigenvalue weighted by molar-refractivity contribution is -0.150. The number of hydrogen-bond donors (Lipinski definition) is 3. The monoisotopic (exact) mass is 591 g/mol. The molecule has 196 valence electrons. The van der Waals surface area contributed by atoms with Crippen molar-refractivity contribution in [3.8, 4) is 0 Å². The summed E-state index contributed by atoms with van der Waals surface area (Å²) in [6, 6.07) is 2.50. The van der Waals surface area contributed by atoms with Crippen LogP contribution in [0.2, 0.25) is 0 Å². The summed E-state index contributed by atoms with van der Waals surface area (Å²) in [5.41, 5.74) is 6.07. The molecule has 3 aromatic rings. The molecule has 2 amide bonds. The lowest BCUT2D eigenvalue weighted by atomic mass is 10.0. The number of carboxylic acid groups (broad SMARTS) is 1. The molecule has 0 unspecified atom stereocenters. The number of carbonyl (C=O) groups is 3. The average Bonchev–Trinajstić information content (AvgIpc) is 3.54. The fourth-order valence-electron chi connectivity index (χ4n) is 3.85. The number of thioether (sulfide) groups is 2. The first-order chi connectivity index (χ1) is 18.2. The zero-order valence-electron chi connectivity index (χ0n) is 19.5. The van der Waals surface area contributed by atoms with Crippen molar-refractivity contribution in [3.05, 3.63) is 40.3 Å². The van der Waals surface area contributed by atoms with Crippen molar-refractivity contribution in [3.63, 3.8) is 0 Å². The van der Waals surface area contributed by atoms with Gasteiger partial charge in [0, 0.05) is 16.7 Å². The number of amides is 2. The Hall–Kier alpha value is -3.61. The number of thiazole rings is 1. The molecular weight excluding hydrogens is 575 g/mol. The largest absolute Gasteiger partial charge is 0.477 e. The lowest BCUT2D eigenvalue weighted by Gasteiger charge is -2.49. The summed E-state index contributed by atoms with van der Waals surface area (Å²) < 4.78 is 1.44. The van der Waals surface area contributed by atoms with Crippen LogP contribution >= 0.6 is 47.1 Å². The van der Waals surface area contributed by atoms with E-state index in [2.05, 4.69) is 30.8 Å². The van der Waals surface area contributed by atoms with Gasteiger partial charge in [-0.15, -0.1) is 45.1 Å². The quantitative estimate of drug-likeness (QED) is 0.0815. The van der Waals surface area contributed by atoms with E-state index >= 15 is 0 Å². The van der Waals surface area contributed by atoms with Crippen LogP contribution in [0.5, 0.6) is 0 Å². The van der Waals surface area contributed by atoms with Gasteiger partial charge in [-0.05, 0) is 18.4 Å². The van der Waals surface area contributed by atoms with Crippen LogP contribution in [-0.4, -0.2) is 93.7 Å². The third kappa shape index (κ3) is 4.38. The normalized spacial score (nSPS) is 19.3. The molecule has 2 aliphatic rings. The number of rotatable bonds is 8. The first kappa shape index (κ1) is 26.0. The van der Waals surface area contributed by atoms with Crippen molar-refractivity contribution in [2.45, 2.75) is 16.4 Å². The number of β-lactam (4-membered cyclic amide) rings is 1. The second-order valence-corrected chi connectivity index (χ2v) is 10.9. The van der Waals surface area contributed by atoms with Crippen LogP contribution in [0, 0.1) is 0 Å². The topological polar surface area (TPSA) is 190 Å². The molecule has 5 rings (SSSR count). The van der Waals surface area contributed by atoms with Crippen molar-refractivity contribution in [1.29, 1.82) is 0 Å². The molecule has 0 bridgehead atoms. The first-order valence-corrected chi connectivity index (χ1v) is 14.2. The van der Waals surface area contributed by atoms with Crippen LogP contribution in [-0.2, 0) is 19.2 Å². The Morgan fingerprint density at radius 1 is 1.37 bits per heavy atom. The molecule has 5 heterocycles. The number of nitrogens with zero attached hydrogens (tertiary/aromatic N) is 7. The predicted molar refractivity (Wildman–Crippen MR) is 144 cm³/mol. The van der Waals surface area contributed by atoms with E-state index in [0.29, 0.717) is 10.7 Å². The smallest absolute Gasteiger partial charge is 0.353 e. The Morgan fingerprint density at radius 3 is 2.82 bits per heavy atom. The fraction of sp³-hybridized carbons (Fsp3) is 0.250. The maximum atomic E-state index is 13.1. The van der Waals surface area contributed by atoms with Gasteiger partial charge in [-0.2, -0.15) is 9.61 Å². The highest BCUT2D eigenvalue weighted by Crippen LogP contribution is 2.41. The number of nitrogen functional groups attached to an aromatic ring is 1. The summed E-state index contributed by atoms with van der Waals surface area (Å²) in [7, 11) is 1.26. The van der Waals surface area contributed by atoms with Crippen LogP contribution in [0.15, 0.2) is 39.0 Å². The predicted octanol–water partition coefficient (Wildman–Crippen LogP) is 0.392. The summed E-state index contributed by atoms with van der Waals surface area (Å²) in [6.45, 7) is 0. The first-order valence-electron chi connectivity index (χ1n) is 10.6. The Balaban J connectivity index is 1.42. The van der Waals surface area contributed by atoms with Crippen molar-refractivity contribution in [1.82, 2.24) is 35.0 Å². The number of oxime groups is 1. The second kappa shape index (κ2) is 10.3. The molecule has 38 heavy (non-hydrogen) atoms. The zero-order chi connectivity index (χ0) is 27.1. The molecule has 0 aliphatic carbocycles. The van der Waals surface area contributed by atoms with Gasteiger partial charge in [0.15, 0.2) is 22.3 Å². The maximum absolute atomic E-state index is 13.1. The second-order valence-electron chi connectivity index (χ2n) is 7.69. The molecule has 4 N–H and O–H groups in total. The molecule has 0 saturated carbocycles. The number of carboxylic acids is 1. The van der Waals surface area contributed by atoms with Crippen LogP contribution in [0.4, 0.5) is 5.13 Å². The lowest BCUT2D eigenvalue weighted by Crippen LogP contribution is -2.71. The molecule has 0 spiro atoms. The molecule has 0 radical (unpaired) electrons. The molecule has 2 atom stereocenters. The van der Waals surface area contributed by atoms with Crippen molar-refractivity contribution >= 4 is 86.2 Å². The fourth-order valence-corrected chi connectivity index (χ4v) is 6.51. The number of fused-ring (bicyclic) bond motifs is 2. The molecule has 14 nitrogen and oxygen atoms in total. The van der Waals surface area contributed by atoms with Crippen LogP contribution in [0.25, 0.3) is 5.65 Å². The van der Waals surface area contributed by atoms with E-state index in [1.165, 1.54) is 40.5 Å². The summed E-state index contributed by atoms with van der Waals surface area (Å²) in [6.07, 6.45) is 1.86. The van der Waals surface area contributed by atoms with E-state index in [1.807, 2.05) is 6.26 Å². The number of nitrogens with two attached hydrogens (primary N) is 1. The minimum absolute atomic E-state index is 0.113. The molecule has 2 aliphatic heterocycles. The molecule has 3 aromatic heterocycles. The van der Waals surface area contributed by atoms with Gasteiger partial charge in [-0.3, -0.25) is 14.5 Å². The van der Waals surface area contributed by atoms with Crippen molar-refractivity contribution < 1.29 is 24.3 Å². The highest BCUT2D eigenvalue weighted by atomic mass is 32.2. The van der Waals surface area contributed by atoms with E-state index < -0.39 is 29.2 Å². The number of carbonyl (C=O) groups excluding carboxylic acids is 2. The third-order valence-corrected chi connectivity index (χ3v) is 8.56. The highest BCUT2D eigenvalue weighted by molar-refractivity contribution is 8.00. The van der Waals surface area contributed by atoms with Gasteiger partial charge in [0.05, 0.1) is 4.86 Å². The van der Waals surface area contributed by atoms with Gasteiger partial charge in [-0.25, -0.2) is 9.78 Å². The van der Waals surface area contributed by atoms with Gasteiger partial charge in [0.1, 0.15) is 34.9 Å². The number of anilines is 1. The Morgan fingerprint density at radius 2 is 2.16 bits per heavy atom. The van der Waals surface area contributed by atoms with E-state index in [1.54, 1.807) is 12.1 Å². The SMILES string of the molecule is CO/N=C(\C(=O)N[C@@H]1C(=O)N2C(C(=O)O)=C(C(=S)c3nnc4ccc(SC)nn34)CS[C@@H]12)c1csc(N)n1. The standard InChI is InChI=1S/C20H17N9O5S4/c1-34-27-11(8-6-38-20(21)22-8)16(30)23-12-17(31)28-13(19(32)33)7(5-37-18(12)28)14(35)15-25-24-9-3-4-10(36-2)26-29(9)15/h3-4,6,12,18H,5H2,1-2H3,(H2,21,22)(H,23,30)(H,32,33)/b27-11-/t12-,18+/m1/s1. The average molecular weight is 592 g/mol. The summed E-state index contributed by atoms with van der Waals surface area (Å²) >= 11 is 9.39. The van der Waals surface area contributed by atoms with E-state index in [0.717, 1.165) is 16.2 Å². The molecular formula is C20H17N9O5S4. The molecule has 18 heteroatoms. The summed E-state index contributed by atoms with van der Waals surface area (Å²) in [5.74, 6) is -2.32. The maximum Gasteiger partial charge on any atom is 0.353 e. The van der Waals surface area contributed by atoms with Gasteiger partial charge in [0.2, 0.25) is 0 Å². The molecule has 0 aromatic carbocycles. The van der Waals surface area contributed by atoms with Gasteiger partial charge >= 0.3 is 5.97 Å². The molecule has 1 saturated heterocycles. The van der Waals surface area contributed by atoms with Crippen LogP contribution < -0.4 is 11.1 Å². The van der Waals surface area contributed by atoms with Crippen LogP contribution in [0.1, 0.15) is 11.5 Å². The third-order valence-electron chi connectivity index (χ3n) is 5.54. The van der Waals surface area contributed by atoms with Crippen molar-refractivity contribution in [2.75, 3.05) is 24.9 Å². The number of thiocarbonyl (C=S) groups is 1. The Bertz CT molecular complexity index is 1560. The number of aliphatic carboxylic acids is 1. The van der Waals surface area contributed by atoms with Gasteiger partial charge in [0.25, 0.3) is 11.8 Å². The number of nitrogens with one attached hydrogen (secondary N) is 1. The molecule has 1 fully saturated rings. The Labute approximate surface area is 231 Å². The number of aromatic nitrogens is 5. The van der Waals surface area contributed by atoms with E-state index in [-0.39, 0.29) is 44.2 Å². The minimum Gasteiger partial charge on any atom is -0.477 e. The van der Waals surface area contributed by atoms with E-state index in [9.17, 15) is 19.5 Å². The number of hydrogen-bond acceptors (Lipinski definition) is 14. The van der Waals surface area contributed by atoms with E-state index in [4.69, 9.17) is 22.8 Å². The van der Waals surface area contributed by atoms with Gasteiger partial charge in [-0.1, -0.05) is 17.4 Å². The Kier molecular flexibility index (Phi) is 7.03. The zero-order valence-corrected chi connectivity index (χ0v) is 22.8. The van der Waals surface area contributed by atoms with Gasteiger partial charge < -0.3 is 21.0 Å². The summed E-state index contributed by atoms with van der Waals surface area (Å²) in [5, 5.41) is 30.7.